The van der Waals surface area contributed by atoms with E-state index in [2.05, 4.69) is 4.90 Å². The third-order valence-electron chi connectivity index (χ3n) is 5.74. The Morgan fingerprint density at radius 2 is 1.42 bits per heavy atom. The van der Waals surface area contributed by atoms with Gasteiger partial charge in [-0.1, -0.05) is 78.9 Å². The van der Waals surface area contributed by atoms with E-state index in [1.165, 1.54) is 6.07 Å². The first-order valence-electron chi connectivity index (χ1n) is 11.0. The summed E-state index contributed by atoms with van der Waals surface area (Å²) in [5.41, 5.74) is 0.633. The smallest absolute Gasteiger partial charge is 0.173 e. The van der Waals surface area contributed by atoms with Crippen LogP contribution in [-0.2, 0) is 23.4 Å². The summed E-state index contributed by atoms with van der Waals surface area (Å²) in [4.78, 5) is 2.06. The van der Waals surface area contributed by atoms with Crippen LogP contribution in [0, 0.1) is 5.82 Å². The largest absolute Gasteiger partial charge is 0.461 e. The Morgan fingerprint density at radius 3 is 2.03 bits per heavy atom. The molecule has 1 N–H and O–H groups in total. The minimum absolute atomic E-state index is 0.234. The van der Waals surface area contributed by atoms with Crippen LogP contribution < -0.4 is 0 Å². The lowest BCUT2D eigenvalue weighted by Crippen LogP contribution is -2.28. The van der Waals surface area contributed by atoms with Gasteiger partial charge >= 0.3 is 0 Å². The lowest BCUT2D eigenvalue weighted by molar-refractivity contribution is 0.0931. The molecule has 0 spiro atoms. The summed E-state index contributed by atoms with van der Waals surface area (Å²) in [5.74, 6) is 0.887. The minimum atomic E-state index is -1.43. The third-order valence-corrected chi connectivity index (χ3v) is 5.74. The molecule has 0 aliphatic carbocycles. The zero-order chi connectivity index (χ0) is 23.1. The van der Waals surface area contributed by atoms with Gasteiger partial charge in [0.1, 0.15) is 17.3 Å². The Labute approximate surface area is 193 Å². The first-order valence-corrected chi connectivity index (χ1v) is 11.0. The molecule has 0 amide bonds. The maximum absolute atomic E-state index is 14.2. The van der Waals surface area contributed by atoms with Gasteiger partial charge in [0, 0.05) is 25.8 Å². The maximum Gasteiger partial charge on any atom is 0.173 e. The SMILES string of the molecule is COCCN(Cc1ccc(C(O)(c2ccccc2)c2ccccc2)o1)Cc1ccccc1F. The first-order chi connectivity index (χ1) is 16.1. The molecule has 0 bridgehead atoms. The van der Waals surface area contributed by atoms with E-state index < -0.39 is 5.60 Å². The number of aliphatic hydroxyl groups is 1. The van der Waals surface area contributed by atoms with Crippen molar-refractivity contribution in [3.8, 4) is 0 Å². The molecule has 0 radical (unpaired) electrons. The van der Waals surface area contributed by atoms with Crippen molar-refractivity contribution in [2.75, 3.05) is 20.3 Å². The van der Waals surface area contributed by atoms with Gasteiger partial charge in [-0.3, -0.25) is 4.90 Å². The van der Waals surface area contributed by atoms with Gasteiger partial charge in [0.25, 0.3) is 0 Å². The summed E-state index contributed by atoms with van der Waals surface area (Å²) in [5, 5.41) is 11.9. The molecule has 4 nitrogen and oxygen atoms in total. The molecule has 3 aromatic carbocycles. The van der Waals surface area contributed by atoms with Crippen LogP contribution in [0.15, 0.2) is 101 Å². The van der Waals surface area contributed by atoms with Crippen LogP contribution in [0.4, 0.5) is 4.39 Å². The number of halogens is 1. The summed E-state index contributed by atoms with van der Waals surface area (Å²) in [6.07, 6.45) is 0. The van der Waals surface area contributed by atoms with Gasteiger partial charge in [-0.15, -0.1) is 0 Å². The third kappa shape index (κ3) is 5.22. The number of furan rings is 1. The van der Waals surface area contributed by atoms with Gasteiger partial charge in [0.05, 0.1) is 13.2 Å². The molecule has 170 valence electrons. The molecule has 5 heteroatoms. The molecular weight excluding hydrogens is 417 g/mol. The van der Waals surface area contributed by atoms with Crippen molar-refractivity contribution in [3.63, 3.8) is 0 Å². The Bertz CT molecular complexity index is 1100. The highest BCUT2D eigenvalue weighted by Crippen LogP contribution is 2.37. The van der Waals surface area contributed by atoms with Crippen LogP contribution >= 0.6 is 0 Å². The Kier molecular flexibility index (Phi) is 7.35. The highest BCUT2D eigenvalue weighted by atomic mass is 19.1. The van der Waals surface area contributed by atoms with Crippen molar-refractivity contribution in [1.82, 2.24) is 4.90 Å². The van der Waals surface area contributed by atoms with E-state index in [0.29, 0.717) is 43.3 Å². The van der Waals surface area contributed by atoms with E-state index in [1.807, 2.05) is 78.9 Å². The van der Waals surface area contributed by atoms with Crippen LogP contribution in [0.1, 0.15) is 28.2 Å². The van der Waals surface area contributed by atoms with Crippen molar-refractivity contribution in [2.45, 2.75) is 18.7 Å². The van der Waals surface area contributed by atoms with E-state index in [0.717, 1.165) is 11.1 Å². The molecule has 1 aromatic heterocycles. The first kappa shape index (κ1) is 22.9. The molecule has 1 heterocycles. The second-order valence-electron chi connectivity index (χ2n) is 8.00. The lowest BCUT2D eigenvalue weighted by Gasteiger charge is -2.27. The number of methoxy groups -OCH3 is 1. The maximum atomic E-state index is 14.2. The van der Waals surface area contributed by atoms with Crippen LogP contribution in [0.25, 0.3) is 0 Å². The molecule has 0 aliphatic heterocycles. The van der Waals surface area contributed by atoms with Gasteiger partial charge in [0.15, 0.2) is 5.60 Å². The zero-order valence-electron chi connectivity index (χ0n) is 18.7. The van der Waals surface area contributed by atoms with Crippen LogP contribution in [-0.4, -0.2) is 30.3 Å². The van der Waals surface area contributed by atoms with Crippen molar-refractivity contribution in [3.05, 3.63) is 131 Å². The number of hydrogen-bond acceptors (Lipinski definition) is 4. The number of rotatable bonds is 10. The minimum Gasteiger partial charge on any atom is -0.461 e. The Morgan fingerprint density at radius 1 is 0.818 bits per heavy atom. The Hall–Kier alpha value is -3.25. The molecule has 4 aromatic rings. The van der Waals surface area contributed by atoms with E-state index in [9.17, 15) is 9.50 Å². The number of hydrogen-bond donors (Lipinski definition) is 1. The van der Waals surface area contributed by atoms with Gasteiger partial charge in [0.2, 0.25) is 0 Å². The predicted octanol–water partition coefficient (Wildman–Crippen LogP) is 5.35. The molecule has 33 heavy (non-hydrogen) atoms. The predicted molar refractivity (Wildman–Crippen MR) is 126 cm³/mol. The lowest BCUT2D eigenvalue weighted by atomic mass is 9.84. The van der Waals surface area contributed by atoms with Crippen molar-refractivity contribution >= 4 is 0 Å². The fraction of sp³-hybridized carbons (Fsp3) is 0.214. The van der Waals surface area contributed by atoms with E-state index in [-0.39, 0.29) is 5.82 Å². The number of benzene rings is 3. The molecule has 0 saturated heterocycles. The number of nitrogens with zero attached hydrogens (tertiary/aromatic N) is 1. The highest BCUT2D eigenvalue weighted by Gasteiger charge is 2.37. The Balaban J connectivity index is 1.63. The van der Waals surface area contributed by atoms with Gasteiger partial charge in [-0.2, -0.15) is 0 Å². The van der Waals surface area contributed by atoms with Crippen LogP contribution in [0.3, 0.4) is 0 Å². The topological polar surface area (TPSA) is 45.8 Å². The van der Waals surface area contributed by atoms with Crippen molar-refractivity contribution in [1.29, 1.82) is 0 Å². The second-order valence-corrected chi connectivity index (χ2v) is 8.00. The van der Waals surface area contributed by atoms with Crippen molar-refractivity contribution in [2.24, 2.45) is 0 Å². The molecule has 4 rings (SSSR count). The average molecular weight is 446 g/mol. The fourth-order valence-electron chi connectivity index (χ4n) is 3.99. The summed E-state index contributed by atoms with van der Waals surface area (Å²) in [7, 11) is 1.64. The zero-order valence-corrected chi connectivity index (χ0v) is 18.7. The van der Waals surface area contributed by atoms with Gasteiger partial charge < -0.3 is 14.3 Å². The summed E-state index contributed by atoms with van der Waals surface area (Å²) in [6.45, 7) is 2.01. The molecule has 0 unspecified atom stereocenters. The van der Waals surface area contributed by atoms with Crippen LogP contribution in [0.2, 0.25) is 0 Å². The summed E-state index contributed by atoms with van der Waals surface area (Å²) < 4.78 is 25.7. The second kappa shape index (κ2) is 10.6. The normalized spacial score (nSPS) is 11.8. The number of ether oxygens (including phenoxy) is 1. The molecule has 0 atom stereocenters. The highest BCUT2D eigenvalue weighted by molar-refractivity contribution is 5.43. The average Bonchev–Trinajstić information content (AvgIpc) is 3.33. The van der Waals surface area contributed by atoms with Crippen molar-refractivity contribution < 1.29 is 18.7 Å². The van der Waals surface area contributed by atoms with E-state index >= 15 is 0 Å². The van der Waals surface area contributed by atoms with Gasteiger partial charge in [-0.25, -0.2) is 4.39 Å². The van der Waals surface area contributed by atoms with E-state index in [1.54, 1.807) is 19.2 Å². The standard InChI is InChI=1S/C28H28FNO3/c1-32-19-18-30(20-22-10-8-9-15-26(22)29)21-25-16-17-27(33-25)28(31,23-11-4-2-5-12-23)24-13-6-3-7-14-24/h2-17,31H,18-21H2,1H3. The molecule has 0 aliphatic rings. The van der Waals surface area contributed by atoms with Gasteiger partial charge in [-0.05, 0) is 29.3 Å². The molecular formula is C28H28FNO3. The summed E-state index contributed by atoms with van der Waals surface area (Å²) in [6, 6.07) is 29.4. The summed E-state index contributed by atoms with van der Waals surface area (Å²) >= 11 is 0. The quantitative estimate of drug-likeness (QED) is 0.357. The van der Waals surface area contributed by atoms with Crippen LogP contribution in [0.5, 0.6) is 0 Å². The molecule has 0 saturated carbocycles. The fourth-order valence-corrected chi connectivity index (χ4v) is 3.99. The monoisotopic (exact) mass is 445 g/mol. The molecule has 0 fully saturated rings. The van der Waals surface area contributed by atoms with E-state index in [4.69, 9.17) is 9.15 Å².